The fourth-order valence-corrected chi connectivity index (χ4v) is 2.86. The van der Waals surface area contributed by atoms with Gasteiger partial charge in [-0.2, -0.15) is 0 Å². The largest absolute Gasteiger partial charge is 0.369 e. The molecule has 0 aliphatic heterocycles. The van der Waals surface area contributed by atoms with E-state index in [1.807, 2.05) is 18.2 Å². The summed E-state index contributed by atoms with van der Waals surface area (Å²) in [5.74, 6) is 0.639. The number of anilines is 1. The fraction of sp³-hybridized carbons (Fsp3) is 0.143. The molecule has 0 amide bonds. The minimum absolute atomic E-state index is 0.0802. The van der Waals surface area contributed by atoms with Crippen molar-refractivity contribution < 1.29 is 4.92 Å². The first-order valence-electron chi connectivity index (χ1n) is 6.41. The molecule has 0 bridgehead atoms. The monoisotopic (exact) mass is 300 g/mol. The van der Waals surface area contributed by atoms with Crippen molar-refractivity contribution in [2.75, 3.05) is 11.9 Å². The topological polar surface area (TPSA) is 81.0 Å². The van der Waals surface area contributed by atoms with Crippen LogP contribution >= 0.6 is 11.3 Å². The number of hydrogen-bond donors (Lipinski definition) is 1. The molecule has 0 spiro atoms. The molecule has 0 saturated carbocycles. The van der Waals surface area contributed by atoms with Crippen molar-refractivity contribution in [3.05, 3.63) is 58.4 Å². The number of benzene rings is 1. The maximum Gasteiger partial charge on any atom is 0.326 e. The molecule has 106 valence electrons. The van der Waals surface area contributed by atoms with Gasteiger partial charge in [0.25, 0.3) is 0 Å². The van der Waals surface area contributed by atoms with Gasteiger partial charge in [-0.3, -0.25) is 10.1 Å². The van der Waals surface area contributed by atoms with Crippen molar-refractivity contribution in [3.8, 4) is 0 Å². The Bertz CT molecular complexity index is 773. The molecule has 3 aromatic rings. The third-order valence-electron chi connectivity index (χ3n) is 3.05. The van der Waals surface area contributed by atoms with Crippen LogP contribution < -0.4 is 5.32 Å². The van der Waals surface area contributed by atoms with Gasteiger partial charge in [-0.25, -0.2) is 9.97 Å². The number of nitro groups is 1. The van der Waals surface area contributed by atoms with Crippen molar-refractivity contribution in [2.24, 2.45) is 0 Å². The second-order valence-corrected chi connectivity index (χ2v) is 5.45. The fourth-order valence-electron chi connectivity index (χ4n) is 2.04. The van der Waals surface area contributed by atoms with E-state index in [4.69, 9.17) is 0 Å². The third kappa shape index (κ3) is 2.97. The normalized spacial score (nSPS) is 10.7. The second kappa shape index (κ2) is 5.84. The molecule has 0 fully saturated rings. The molecule has 3 rings (SSSR count). The highest BCUT2D eigenvalue weighted by Crippen LogP contribution is 2.32. The maximum atomic E-state index is 10.8. The minimum atomic E-state index is -0.403. The molecule has 0 aliphatic carbocycles. The molecule has 0 saturated heterocycles. The van der Waals surface area contributed by atoms with E-state index in [0.29, 0.717) is 22.6 Å². The quantitative estimate of drug-likeness (QED) is 0.578. The van der Waals surface area contributed by atoms with E-state index in [-0.39, 0.29) is 5.00 Å². The van der Waals surface area contributed by atoms with E-state index in [1.54, 1.807) is 0 Å². The number of nitrogens with zero attached hydrogens (tertiary/aromatic N) is 3. The van der Waals surface area contributed by atoms with Crippen molar-refractivity contribution in [2.45, 2.75) is 6.42 Å². The molecular formula is C14H12N4O2S. The predicted octanol–water partition coefficient (Wildman–Crippen LogP) is 3.25. The van der Waals surface area contributed by atoms with Crippen LogP contribution in [0.5, 0.6) is 0 Å². The minimum Gasteiger partial charge on any atom is -0.369 e. The van der Waals surface area contributed by atoms with Crippen LogP contribution in [0.15, 0.2) is 42.7 Å². The van der Waals surface area contributed by atoms with Crippen molar-refractivity contribution >= 4 is 32.4 Å². The lowest BCUT2D eigenvalue weighted by Crippen LogP contribution is -2.06. The first kappa shape index (κ1) is 13.4. The van der Waals surface area contributed by atoms with Gasteiger partial charge in [0.1, 0.15) is 17.0 Å². The van der Waals surface area contributed by atoms with E-state index in [9.17, 15) is 10.1 Å². The SMILES string of the molecule is O=[N+]([O-])c1cc2c(NCCc3ccccc3)ncnc2s1. The number of hydrogen-bond acceptors (Lipinski definition) is 6. The van der Waals surface area contributed by atoms with E-state index in [1.165, 1.54) is 18.0 Å². The standard InChI is InChI=1S/C14H12N4O2S/c19-18(20)12-8-11-13(16-9-17-14(11)21-12)15-7-6-10-4-2-1-3-5-10/h1-5,8-9H,6-7H2,(H,15,16,17). The smallest absolute Gasteiger partial charge is 0.326 e. The van der Waals surface area contributed by atoms with Crippen LogP contribution in [-0.2, 0) is 6.42 Å². The van der Waals surface area contributed by atoms with Gasteiger partial charge in [-0.1, -0.05) is 30.3 Å². The van der Waals surface area contributed by atoms with Gasteiger partial charge in [0, 0.05) is 12.6 Å². The Morgan fingerprint density at radius 2 is 2.05 bits per heavy atom. The Labute approximate surface area is 124 Å². The van der Waals surface area contributed by atoms with E-state index in [0.717, 1.165) is 17.8 Å². The van der Waals surface area contributed by atoms with Crippen LogP contribution in [0.25, 0.3) is 10.2 Å². The summed E-state index contributed by atoms with van der Waals surface area (Å²) >= 11 is 1.06. The first-order valence-corrected chi connectivity index (χ1v) is 7.22. The lowest BCUT2D eigenvalue weighted by atomic mass is 10.1. The summed E-state index contributed by atoms with van der Waals surface area (Å²) in [6, 6.07) is 11.6. The highest BCUT2D eigenvalue weighted by Gasteiger charge is 2.15. The number of aromatic nitrogens is 2. The summed E-state index contributed by atoms with van der Waals surface area (Å²) in [6.07, 6.45) is 2.28. The molecule has 7 heteroatoms. The second-order valence-electron chi connectivity index (χ2n) is 4.45. The van der Waals surface area contributed by atoms with Crippen LogP contribution in [0, 0.1) is 10.1 Å². The predicted molar refractivity (Wildman–Crippen MR) is 82.7 cm³/mol. The summed E-state index contributed by atoms with van der Waals surface area (Å²) in [5, 5.41) is 14.8. The summed E-state index contributed by atoms with van der Waals surface area (Å²) in [6.45, 7) is 0.708. The number of fused-ring (bicyclic) bond motifs is 1. The van der Waals surface area contributed by atoms with Crippen LogP contribution in [0.4, 0.5) is 10.8 Å². The summed E-state index contributed by atoms with van der Waals surface area (Å²) in [4.78, 5) is 19.3. The summed E-state index contributed by atoms with van der Waals surface area (Å²) in [7, 11) is 0. The first-order chi connectivity index (χ1) is 10.2. The summed E-state index contributed by atoms with van der Waals surface area (Å²) in [5.41, 5.74) is 1.23. The van der Waals surface area contributed by atoms with Gasteiger partial charge in [0.15, 0.2) is 0 Å². The van der Waals surface area contributed by atoms with Crippen LogP contribution in [0.1, 0.15) is 5.56 Å². The van der Waals surface area contributed by atoms with Gasteiger partial charge in [-0.05, 0) is 23.3 Å². The van der Waals surface area contributed by atoms with Crippen LogP contribution in [0.3, 0.4) is 0 Å². The van der Waals surface area contributed by atoms with Crippen molar-refractivity contribution in [3.63, 3.8) is 0 Å². The molecule has 0 aliphatic rings. The molecule has 1 aromatic carbocycles. The van der Waals surface area contributed by atoms with Crippen molar-refractivity contribution in [1.82, 2.24) is 9.97 Å². The molecule has 1 N–H and O–H groups in total. The third-order valence-corrected chi connectivity index (χ3v) is 4.04. The zero-order valence-corrected chi connectivity index (χ0v) is 11.8. The van der Waals surface area contributed by atoms with Gasteiger partial charge in [0.05, 0.1) is 10.3 Å². The molecule has 0 unspecified atom stereocenters. The Hall–Kier alpha value is -2.54. The Kier molecular flexibility index (Phi) is 3.74. The van der Waals surface area contributed by atoms with E-state index < -0.39 is 4.92 Å². The average molecular weight is 300 g/mol. The highest BCUT2D eigenvalue weighted by atomic mass is 32.1. The van der Waals surface area contributed by atoms with Crippen LogP contribution in [0.2, 0.25) is 0 Å². The summed E-state index contributed by atoms with van der Waals surface area (Å²) < 4.78 is 0. The number of rotatable bonds is 5. The average Bonchev–Trinajstić information content (AvgIpc) is 2.94. The number of nitrogens with one attached hydrogen (secondary N) is 1. The van der Waals surface area contributed by atoms with Gasteiger partial charge in [0.2, 0.25) is 0 Å². The van der Waals surface area contributed by atoms with Crippen molar-refractivity contribution in [1.29, 1.82) is 0 Å². The maximum absolute atomic E-state index is 10.8. The molecule has 2 aromatic heterocycles. The molecule has 0 atom stereocenters. The highest BCUT2D eigenvalue weighted by molar-refractivity contribution is 7.21. The Morgan fingerprint density at radius 1 is 1.24 bits per heavy atom. The lowest BCUT2D eigenvalue weighted by molar-refractivity contribution is -0.380. The molecule has 6 nitrogen and oxygen atoms in total. The van der Waals surface area contributed by atoms with E-state index >= 15 is 0 Å². The molecule has 21 heavy (non-hydrogen) atoms. The van der Waals surface area contributed by atoms with Gasteiger partial charge >= 0.3 is 5.00 Å². The zero-order chi connectivity index (χ0) is 14.7. The molecule has 0 radical (unpaired) electrons. The zero-order valence-electron chi connectivity index (χ0n) is 11.0. The molecular weight excluding hydrogens is 288 g/mol. The lowest BCUT2D eigenvalue weighted by Gasteiger charge is -2.06. The Morgan fingerprint density at radius 3 is 2.81 bits per heavy atom. The molecule has 2 heterocycles. The van der Waals surface area contributed by atoms with E-state index in [2.05, 4.69) is 27.4 Å². The van der Waals surface area contributed by atoms with Gasteiger partial charge < -0.3 is 5.32 Å². The number of thiophene rings is 1. The van der Waals surface area contributed by atoms with Gasteiger partial charge in [-0.15, -0.1) is 0 Å². The Balaban J connectivity index is 1.76. The van der Waals surface area contributed by atoms with Crippen LogP contribution in [-0.4, -0.2) is 21.4 Å².